The smallest absolute Gasteiger partial charge is 0.268 e. The molecule has 0 spiro atoms. The Morgan fingerprint density at radius 2 is 1.19 bits per heavy atom. The van der Waals surface area contributed by atoms with Crippen LogP contribution in [0.1, 0.15) is 152 Å². The van der Waals surface area contributed by atoms with Crippen LogP contribution >= 0.6 is 11.3 Å². The SMILES string of the molecule is CC1C(C#N)C(NC2CCC(S(=O)(=O)O)CC2)NC(NC2CCC(S(=O)(=O)O)CC2)C1N=Nc1sc(N=NC2CC3C(CCCC3S(=O)(=O)O)C(S(=O)(=O)O)C2)c(C2CCC3CCCCC3C2)c1C#N. The van der Waals surface area contributed by atoms with Crippen molar-refractivity contribution in [2.24, 2.45) is 56.0 Å². The molecule has 1 saturated heterocycles. The lowest BCUT2D eigenvalue weighted by Crippen LogP contribution is -2.69. The first-order valence-corrected chi connectivity index (χ1v) is 31.8. The fraction of sp³-hybridized carbons (Fsp3) is 0.864. The van der Waals surface area contributed by atoms with Gasteiger partial charge in [-0.25, -0.2) is 0 Å². The van der Waals surface area contributed by atoms with Gasteiger partial charge in [0, 0.05) is 23.6 Å². The van der Waals surface area contributed by atoms with Crippen molar-refractivity contribution >= 4 is 61.8 Å². The average molecular weight is 1070 g/mol. The molecular weight excluding hydrogens is 1010 g/mol. The first-order chi connectivity index (χ1) is 33.0. The molecule has 6 aliphatic carbocycles. The molecule has 0 bridgehead atoms. The topological polar surface area (TPSA) is 351 Å². The number of hydrogen-bond donors (Lipinski definition) is 7. The molecule has 70 heavy (non-hydrogen) atoms. The summed E-state index contributed by atoms with van der Waals surface area (Å²) in [6.07, 6.45) is 9.53. The van der Waals surface area contributed by atoms with Crippen LogP contribution in [0.5, 0.6) is 0 Å². The maximum atomic E-state index is 12.8. The maximum absolute atomic E-state index is 12.8. The van der Waals surface area contributed by atoms with Gasteiger partial charge in [0.25, 0.3) is 40.5 Å². The standard InChI is InChI=1S/C44H67N9O12S5/c1-24-35(22-45)41(47-28-11-15-31(16-12-28)67(54,55)56)49-42(48-29-13-17-32(18-14-29)68(57,58)59)40(24)51-52-43-36(23-46)39(27-10-9-25-5-2-3-6-26(25)19-27)44(66-43)53-50-30-20-34-33(38(21-30)70(63,64)65)7-4-8-37(34)69(60,61)62/h24-35,37-38,40-42,47-49H,2-21H2,1H3,(H,54,55,56)(H,57,58,59)(H,60,61,62)(H,63,64,65). The Kier molecular flexibility index (Phi) is 16.6. The zero-order chi connectivity index (χ0) is 50.3. The molecule has 1 aromatic heterocycles. The summed E-state index contributed by atoms with van der Waals surface area (Å²) in [6, 6.07) is 2.91. The number of nitrogens with zero attached hydrogens (tertiary/aromatic N) is 6. The number of rotatable bonds is 13. The number of azo groups is 2. The third kappa shape index (κ3) is 12.2. The van der Waals surface area contributed by atoms with Crippen LogP contribution in [0.2, 0.25) is 0 Å². The summed E-state index contributed by atoms with van der Waals surface area (Å²) < 4.78 is 138. The second-order valence-corrected chi connectivity index (χ2v) is 28.9. The van der Waals surface area contributed by atoms with E-state index >= 15 is 0 Å². The van der Waals surface area contributed by atoms with Gasteiger partial charge in [0.1, 0.15) is 17.1 Å². The van der Waals surface area contributed by atoms with E-state index in [9.17, 15) is 62.4 Å². The Morgan fingerprint density at radius 3 is 1.76 bits per heavy atom. The van der Waals surface area contributed by atoms with Gasteiger partial charge in [0.2, 0.25) is 0 Å². The highest BCUT2D eigenvalue weighted by Crippen LogP contribution is 2.54. The van der Waals surface area contributed by atoms with Crippen molar-refractivity contribution in [2.45, 2.75) is 199 Å². The van der Waals surface area contributed by atoms with E-state index in [1.165, 1.54) is 6.42 Å². The van der Waals surface area contributed by atoms with E-state index in [1.54, 1.807) is 0 Å². The number of hydrogen-bond acceptors (Lipinski definition) is 18. The summed E-state index contributed by atoms with van der Waals surface area (Å²) in [5.74, 6) is -1.64. The second kappa shape index (κ2) is 21.7. The van der Waals surface area contributed by atoms with Gasteiger partial charge in [-0.1, -0.05) is 50.4 Å². The zero-order valence-corrected chi connectivity index (χ0v) is 43.3. The number of thiophene rings is 1. The molecular formula is C44H67N9O12S5. The van der Waals surface area contributed by atoms with E-state index in [2.05, 4.69) is 33.2 Å². The van der Waals surface area contributed by atoms with E-state index in [1.807, 2.05) is 6.92 Å². The molecule has 21 nitrogen and oxygen atoms in total. The van der Waals surface area contributed by atoms with Gasteiger partial charge < -0.3 is 0 Å². The van der Waals surface area contributed by atoms with Crippen molar-refractivity contribution in [1.82, 2.24) is 16.0 Å². The van der Waals surface area contributed by atoms with Crippen molar-refractivity contribution in [3.63, 3.8) is 0 Å². The molecule has 0 aromatic carbocycles. The zero-order valence-electron chi connectivity index (χ0n) is 39.2. The highest BCUT2D eigenvalue weighted by atomic mass is 32.2. The first-order valence-electron chi connectivity index (χ1n) is 24.9. The summed E-state index contributed by atoms with van der Waals surface area (Å²) in [7, 11) is -17.6. The molecule has 7 aliphatic rings. The quantitative estimate of drug-likeness (QED) is 0.0777. The lowest BCUT2D eigenvalue weighted by Gasteiger charge is -2.46. The summed E-state index contributed by atoms with van der Waals surface area (Å²) >= 11 is 1.11. The van der Waals surface area contributed by atoms with Crippen molar-refractivity contribution in [2.75, 3.05) is 0 Å². The molecule has 26 heteroatoms. The molecule has 6 saturated carbocycles. The molecule has 0 amide bonds. The normalized spacial score (nSPS) is 39.2. The Hall–Kier alpha value is -2.60. The van der Waals surface area contributed by atoms with E-state index in [-0.39, 0.29) is 73.5 Å². The number of nitrogens with one attached hydrogen (secondary N) is 3. The molecule has 1 aromatic rings. The Morgan fingerprint density at radius 1 is 0.600 bits per heavy atom. The summed E-state index contributed by atoms with van der Waals surface area (Å²) in [4.78, 5) is 0. The predicted molar refractivity (Wildman–Crippen MR) is 259 cm³/mol. The fourth-order valence-electron chi connectivity index (χ4n) is 13.6. The third-order valence-corrected chi connectivity index (χ3v) is 23.5. The van der Waals surface area contributed by atoms with Crippen LogP contribution in [0.15, 0.2) is 20.5 Å². The summed E-state index contributed by atoms with van der Waals surface area (Å²) in [5, 5.41) is 47.7. The maximum Gasteiger partial charge on any atom is 0.268 e. The highest BCUT2D eigenvalue weighted by molar-refractivity contribution is 7.87. The second-order valence-electron chi connectivity index (χ2n) is 21.3. The molecule has 8 rings (SSSR count). The van der Waals surface area contributed by atoms with E-state index in [4.69, 9.17) is 15.3 Å². The van der Waals surface area contributed by atoms with Crippen LogP contribution in [0.4, 0.5) is 10.0 Å². The predicted octanol–water partition coefficient (Wildman–Crippen LogP) is 6.93. The highest BCUT2D eigenvalue weighted by Gasteiger charge is 2.51. The molecule has 13 unspecified atom stereocenters. The van der Waals surface area contributed by atoms with Crippen molar-refractivity contribution in [3.8, 4) is 12.1 Å². The molecule has 13 atom stereocenters. The Labute approximate surface area is 415 Å². The van der Waals surface area contributed by atoms with Crippen LogP contribution in [0.3, 0.4) is 0 Å². The van der Waals surface area contributed by atoms with E-state index in [0.29, 0.717) is 60.9 Å². The molecule has 7 fully saturated rings. The van der Waals surface area contributed by atoms with Crippen LogP contribution in [0.25, 0.3) is 0 Å². The molecule has 0 radical (unpaired) electrons. The number of fused-ring (bicyclic) bond motifs is 2. The Balaban J connectivity index is 1.11. The van der Waals surface area contributed by atoms with Crippen molar-refractivity contribution in [3.05, 3.63) is 11.1 Å². The van der Waals surface area contributed by atoms with Gasteiger partial charge in [0.15, 0.2) is 5.00 Å². The Bertz CT molecular complexity index is 2660. The number of nitriles is 2. The van der Waals surface area contributed by atoms with Gasteiger partial charge in [-0.2, -0.15) is 54.4 Å². The van der Waals surface area contributed by atoms with Crippen LogP contribution in [-0.4, -0.2) is 109 Å². The van der Waals surface area contributed by atoms with Crippen LogP contribution in [-0.2, 0) is 40.5 Å². The largest absolute Gasteiger partial charge is 0.298 e. The van der Waals surface area contributed by atoms with Crippen LogP contribution < -0.4 is 16.0 Å². The monoisotopic (exact) mass is 1070 g/mol. The number of piperidine rings is 1. The van der Waals surface area contributed by atoms with Gasteiger partial charge >= 0.3 is 0 Å². The third-order valence-electron chi connectivity index (χ3n) is 17.2. The first kappa shape index (κ1) is 53.7. The minimum Gasteiger partial charge on any atom is -0.298 e. The minimum absolute atomic E-state index is 0.0726. The lowest BCUT2D eigenvalue weighted by molar-refractivity contribution is 0.104. The summed E-state index contributed by atoms with van der Waals surface area (Å²) in [5.41, 5.74) is 0.951. The molecule has 2 heterocycles. The van der Waals surface area contributed by atoms with Crippen molar-refractivity contribution in [1.29, 1.82) is 10.5 Å². The van der Waals surface area contributed by atoms with Gasteiger partial charge in [-0.05, 0) is 126 Å². The van der Waals surface area contributed by atoms with Gasteiger partial charge in [-0.15, -0.1) is 10.2 Å². The van der Waals surface area contributed by atoms with E-state index < -0.39 is 110 Å². The molecule has 7 N–H and O–H groups in total. The minimum atomic E-state index is -4.64. The molecule has 1 aliphatic heterocycles. The van der Waals surface area contributed by atoms with Crippen LogP contribution in [0, 0.1) is 58.2 Å². The van der Waals surface area contributed by atoms with Gasteiger partial charge in [0.05, 0.1) is 56.9 Å². The van der Waals surface area contributed by atoms with E-state index in [0.717, 1.165) is 49.9 Å². The fourth-order valence-corrected chi connectivity index (χ4v) is 18.8. The van der Waals surface area contributed by atoms with Gasteiger partial charge in [-0.3, -0.25) is 34.2 Å². The summed E-state index contributed by atoms with van der Waals surface area (Å²) in [6.45, 7) is 1.88. The molecule has 390 valence electrons. The average Bonchev–Trinajstić information content (AvgIpc) is 3.66. The van der Waals surface area contributed by atoms with Crippen molar-refractivity contribution < 1.29 is 51.9 Å². The lowest BCUT2D eigenvalue weighted by atomic mass is 9.66.